The van der Waals surface area contributed by atoms with Crippen LogP contribution in [0.5, 0.6) is 11.5 Å². The highest BCUT2D eigenvalue weighted by Crippen LogP contribution is 2.40. The average molecular weight is 1330 g/mol. The van der Waals surface area contributed by atoms with Crippen LogP contribution in [0, 0.1) is 34.0 Å². The van der Waals surface area contributed by atoms with Gasteiger partial charge in [-0.1, -0.05) is 92.6 Å². The fraction of sp³-hybridized carbons (Fsp3) is 0.667. The maximum Gasteiger partial charge on any atom is 0.328 e. The smallest absolute Gasteiger partial charge is 0.328 e. The number of β-amino-alcohol motifs (C(OH)–C–C–N with tert-alkyl or cyclic N) is 2. The Morgan fingerprint density at radius 1 is 0.516 bits per heavy atom. The number of aromatic nitrogens is 1. The third kappa shape index (κ3) is 20.8. The van der Waals surface area contributed by atoms with Gasteiger partial charge in [-0.25, -0.2) is 19.4 Å². The van der Waals surface area contributed by atoms with Crippen molar-refractivity contribution in [3.63, 3.8) is 0 Å². The lowest BCUT2D eigenvalue weighted by Crippen LogP contribution is -2.49. The Morgan fingerprint density at radius 2 is 0.926 bits per heavy atom. The van der Waals surface area contributed by atoms with Crippen LogP contribution in [0.25, 0.3) is 22.2 Å². The van der Waals surface area contributed by atoms with E-state index in [0.717, 1.165) is 81.3 Å². The molecule has 0 spiro atoms. The van der Waals surface area contributed by atoms with Crippen LogP contribution in [0.4, 0.5) is 0 Å². The highest BCUT2D eigenvalue weighted by atomic mass is 16.6. The molecule has 9 atom stereocenters. The summed E-state index contributed by atoms with van der Waals surface area (Å²) in [4.78, 5) is 129. The minimum Gasteiger partial charge on any atom is -0.497 e. The predicted octanol–water partition coefficient (Wildman–Crippen LogP) is 8.20. The molecule has 5 amide bonds. The fourth-order valence-corrected chi connectivity index (χ4v) is 13.0. The van der Waals surface area contributed by atoms with Crippen molar-refractivity contribution in [2.75, 3.05) is 74.3 Å². The molecular weight excluding hydrogens is 1220 g/mol. The van der Waals surface area contributed by atoms with Gasteiger partial charge in [0.15, 0.2) is 0 Å². The number of methoxy groups -OCH3 is 4. The number of aliphatic hydroxyl groups is 2. The van der Waals surface area contributed by atoms with Gasteiger partial charge in [0.05, 0.1) is 82.6 Å². The van der Waals surface area contributed by atoms with Crippen molar-refractivity contribution in [3.05, 3.63) is 54.6 Å². The number of benzene rings is 2. The van der Waals surface area contributed by atoms with Crippen LogP contribution in [0.1, 0.15) is 160 Å². The number of nitrogens with zero attached hydrogens (tertiary/aromatic N) is 6. The summed E-state index contributed by atoms with van der Waals surface area (Å²) in [6.07, 6.45) is 4.97. The van der Waals surface area contributed by atoms with Gasteiger partial charge in [0.25, 0.3) is 0 Å². The molecule has 0 unspecified atom stereocenters. The first kappa shape index (κ1) is 76.6. The molecule has 526 valence electrons. The Hall–Kier alpha value is -7.40. The van der Waals surface area contributed by atoms with Gasteiger partial charge in [-0.15, -0.1) is 0 Å². The van der Waals surface area contributed by atoms with Crippen molar-refractivity contribution < 1.29 is 81.8 Å². The monoisotopic (exact) mass is 1330 g/mol. The van der Waals surface area contributed by atoms with Crippen molar-refractivity contribution in [1.29, 1.82) is 0 Å². The van der Waals surface area contributed by atoms with Gasteiger partial charge in [-0.3, -0.25) is 28.8 Å². The maximum absolute atomic E-state index is 14.2. The van der Waals surface area contributed by atoms with E-state index >= 15 is 0 Å². The van der Waals surface area contributed by atoms with Gasteiger partial charge in [0.2, 0.25) is 29.5 Å². The van der Waals surface area contributed by atoms with Crippen LogP contribution in [-0.2, 0) is 62.1 Å². The van der Waals surface area contributed by atoms with E-state index in [4.69, 9.17) is 33.4 Å². The number of hydrogen-bond donors (Lipinski definition) is 2. The van der Waals surface area contributed by atoms with E-state index in [9.17, 15) is 53.4 Å². The molecule has 23 nitrogen and oxygen atoms in total. The first-order valence-electron chi connectivity index (χ1n) is 33.5. The lowest BCUT2D eigenvalue weighted by molar-refractivity contribution is -0.162. The Labute approximate surface area is 561 Å². The Kier molecular flexibility index (Phi) is 26.6. The normalized spacial score (nSPS) is 21.8. The van der Waals surface area contributed by atoms with Crippen molar-refractivity contribution in [2.45, 2.75) is 202 Å². The van der Waals surface area contributed by atoms with Crippen LogP contribution >= 0.6 is 0 Å². The lowest BCUT2D eigenvalue weighted by Gasteiger charge is -2.36. The molecule has 2 N–H and O–H groups in total. The van der Waals surface area contributed by atoms with Crippen LogP contribution in [0.3, 0.4) is 0 Å². The third-order valence-electron chi connectivity index (χ3n) is 18.4. The summed E-state index contributed by atoms with van der Waals surface area (Å²) in [5, 5.41) is 20.6. The number of pyridine rings is 1. The van der Waals surface area contributed by atoms with Crippen molar-refractivity contribution >= 4 is 64.3 Å². The minimum absolute atomic E-state index is 0.00709. The van der Waals surface area contributed by atoms with E-state index in [1.54, 1.807) is 32.8 Å². The van der Waals surface area contributed by atoms with E-state index in [0.29, 0.717) is 17.0 Å². The zero-order valence-corrected chi connectivity index (χ0v) is 59.0. The summed E-state index contributed by atoms with van der Waals surface area (Å²) in [5.74, 6) is -3.40. The second-order valence-corrected chi connectivity index (χ2v) is 29.9. The summed E-state index contributed by atoms with van der Waals surface area (Å²) in [6.45, 7) is 25.9. The number of amides is 5. The molecule has 1 aromatic heterocycles. The average Bonchev–Trinajstić information content (AvgIpc) is 1.78. The molecule has 0 bridgehead atoms. The predicted molar refractivity (Wildman–Crippen MR) is 356 cm³/mol. The standard InChI is InChI=1S/C35H43N3O6.C19H32N2O5.C18H31NO6/c1-35(2,3)27(20-32(39)37-16-10-7-11-17-37)33(40)38-22-25(19-30(38)34(41)43-5)44-31-21-28(23-12-8-6-9-13-23)36-29-18-24(42-4)14-15-26(29)31;1-19(2,3)14(11-16(23)20-8-6-5-7-9-20)17(24)21-12-13(22)10-15(21)18(25)26-4;1-17(2,3)12(9-14(21)25-18(4,5)6)15(22)19-10-11(20)8-13(19)16(23)24-7/h6,8-9,12-15,18,21,25,27,30H,7,10-11,16-17,19-20,22H2,1-5H3;13-15,22H,5-12H2,1-4H3;11-13,20H,8-10H2,1-7H3/t25-,27-,30+;13-,14+,15-;11-,12+,13-/m100/s1. The number of piperidine rings is 2. The molecule has 0 aliphatic carbocycles. The van der Waals surface area contributed by atoms with Gasteiger partial charge in [0, 0.05) is 94.5 Å². The van der Waals surface area contributed by atoms with E-state index in [1.807, 2.05) is 127 Å². The van der Waals surface area contributed by atoms with Gasteiger partial charge in [-0.05, 0) is 87.7 Å². The van der Waals surface area contributed by atoms with Crippen LogP contribution in [-0.4, -0.2) is 209 Å². The van der Waals surface area contributed by atoms with Crippen molar-refractivity contribution in [3.8, 4) is 22.8 Å². The van der Waals surface area contributed by atoms with E-state index < -0.39 is 99.9 Å². The molecule has 2 aromatic carbocycles. The zero-order valence-electron chi connectivity index (χ0n) is 59.0. The second-order valence-electron chi connectivity index (χ2n) is 29.9. The van der Waals surface area contributed by atoms with Gasteiger partial charge in [-0.2, -0.15) is 0 Å². The molecule has 5 fully saturated rings. The molecule has 8 rings (SSSR count). The van der Waals surface area contributed by atoms with Crippen LogP contribution in [0.15, 0.2) is 54.6 Å². The summed E-state index contributed by atoms with van der Waals surface area (Å²) in [7, 11) is 5.46. The minimum atomic E-state index is -0.823. The molecule has 6 heterocycles. The lowest BCUT2D eigenvalue weighted by atomic mass is 9.77. The summed E-state index contributed by atoms with van der Waals surface area (Å²) in [6, 6.07) is 14.9. The van der Waals surface area contributed by atoms with Crippen molar-refractivity contribution in [1.82, 2.24) is 29.5 Å². The number of carbonyl (C=O) groups is 9. The molecule has 5 saturated heterocycles. The topological polar surface area (TPSA) is 279 Å². The Balaban J connectivity index is 0.000000241. The summed E-state index contributed by atoms with van der Waals surface area (Å²) < 4.78 is 32.1. The molecule has 23 heteroatoms. The van der Waals surface area contributed by atoms with Crippen LogP contribution in [0.2, 0.25) is 0 Å². The highest BCUT2D eigenvalue weighted by molar-refractivity contribution is 5.93. The Morgan fingerprint density at radius 3 is 1.33 bits per heavy atom. The van der Waals surface area contributed by atoms with E-state index in [-0.39, 0.29) is 87.7 Å². The van der Waals surface area contributed by atoms with Gasteiger partial charge >= 0.3 is 23.9 Å². The molecule has 3 aromatic rings. The van der Waals surface area contributed by atoms with Crippen LogP contribution < -0.4 is 9.47 Å². The number of hydrogen-bond acceptors (Lipinski definition) is 18. The quantitative estimate of drug-likeness (QED) is 0.101. The molecular formula is C72H106N6O17. The second kappa shape index (κ2) is 33.0. The third-order valence-corrected chi connectivity index (χ3v) is 18.4. The molecule has 5 aliphatic rings. The zero-order chi connectivity index (χ0) is 70.5. The SMILES string of the molecule is COC(=O)[C@@H]1C[C@@H](Oc2cc(-c3ccccc3)nc3cc(OC)ccc23)CN1C(=O)[C@@H](CC(=O)N1CCCCC1)C(C)(C)C.COC(=O)[C@@H]1C[C@H](O)CN1C(=O)[C@@H](CC(=O)N1CCCCC1)C(C)(C)C.COC(=O)[C@@H]1C[C@H](O)CN1C(=O)[C@@H](CC(=O)OC(C)(C)C)C(C)(C)C. The molecule has 95 heavy (non-hydrogen) atoms. The number of esters is 4. The van der Waals surface area contributed by atoms with Gasteiger partial charge in [0.1, 0.15) is 41.3 Å². The number of aliphatic hydroxyl groups excluding tert-OH is 2. The number of ether oxygens (including phenoxy) is 6. The summed E-state index contributed by atoms with van der Waals surface area (Å²) in [5.41, 5.74) is 0.303. The maximum atomic E-state index is 14.2. The van der Waals surface area contributed by atoms with Crippen molar-refractivity contribution in [2.24, 2.45) is 34.0 Å². The molecule has 0 radical (unpaired) electrons. The van der Waals surface area contributed by atoms with Gasteiger partial charge < -0.3 is 63.1 Å². The largest absolute Gasteiger partial charge is 0.497 e. The number of carbonyl (C=O) groups excluding carboxylic acids is 9. The first-order chi connectivity index (χ1) is 44.5. The molecule has 0 saturated carbocycles. The van der Waals surface area contributed by atoms with E-state index in [1.165, 1.54) is 31.1 Å². The fourth-order valence-electron chi connectivity index (χ4n) is 13.0. The van der Waals surface area contributed by atoms with E-state index in [2.05, 4.69) is 0 Å². The Bertz CT molecular complexity index is 3150. The highest BCUT2D eigenvalue weighted by Gasteiger charge is 2.49. The first-order valence-corrected chi connectivity index (χ1v) is 33.5. The molecule has 5 aliphatic heterocycles. The number of fused-ring (bicyclic) bond motifs is 1. The summed E-state index contributed by atoms with van der Waals surface area (Å²) >= 11 is 0. The number of likely N-dealkylation sites (tertiary alicyclic amines) is 5. The number of rotatable bonds is 16.